The minimum absolute atomic E-state index is 0.0360. The summed E-state index contributed by atoms with van der Waals surface area (Å²) >= 11 is 1.73. The number of hydrogen-bond donors (Lipinski definition) is 0. The Labute approximate surface area is 198 Å². The number of piperidine rings is 1. The maximum atomic E-state index is 13.3. The molecule has 0 N–H and O–H groups in total. The van der Waals surface area contributed by atoms with Gasteiger partial charge in [-0.05, 0) is 68.7 Å². The average molecular weight is 463 g/mol. The third-order valence-corrected chi connectivity index (χ3v) is 7.88. The highest BCUT2D eigenvalue weighted by molar-refractivity contribution is 7.22. The number of fused-ring (bicyclic) bond motifs is 1. The van der Waals surface area contributed by atoms with Gasteiger partial charge in [0.05, 0.1) is 16.1 Å². The molecule has 2 aliphatic heterocycles. The Bertz CT molecular complexity index is 1160. The Morgan fingerprint density at radius 2 is 1.73 bits per heavy atom. The third-order valence-electron chi connectivity index (χ3n) is 6.80. The molecule has 1 aromatic heterocycles. The first-order chi connectivity index (χ1) is 16.0. The zero-order valence-corrected chi connectivity index (χ0v) is 20.1. The van der Waals surface area contributed by atoms with Crippen molar-refractivity contribution in [2.45, 2.75) is 26.7 Å². The number of ketones is 1. The summed E-state index contributed by atoms with van der Waals surface area (Å²) in [5.41, 5.74) is 4.14. The highest BCUT2D eigenvalue weighted by Gasteiger charge is 2.32. The Hall–Kier alpha value is -2.93. The van der Waals surface area contributed by atoms with Crippen molar-refractivity contribution in [1.29, 1.82) is 0 Å². The summed E-state index contributed by atoms with van der Waals surface area (Å²) in [6.07, 6.45) is 1.97. The molecule has 2 saturated heterocycles. The van der Waals surface area contributed by atoms with Crippen molar-refractivity contribution in [3.05, 3.63) is 53.6 Å². The maximum absolute atomic E-state index is 13.3. The van der Waals surface area contributed by atoms with Crippen LogP contribution in [0.4, 0.5) is 10.8 Å². The van der Waals surface area contributed by atoms with Crippen molar-refractivity contribution in [1.82, 2.24) is 9.88 Å². The first kappa shape index (κ1) is 21.9. The lowest BCUT2D eigenvalue weighted by Gasteiger charge is -2.39. The van der Waals surface area contributed by atoms with Crippen LogP contribution in [0.25, 0.3) is 10.2 Å². The summed E-state index contributed by atoms with van der Waals surface area (Å²) in [4.78, 5) is 36.3. The van der Waals surface area contributed by atoms with Crippen molar-refractivity contribution in [2.24, 2.45) is 5.92 Å². The number of aromatic nitrogens is 1. The van der Waals surface area contributed by atoms with Crippen LogP contribution in [0, 0.1) is 12.8 Å². The first-order valence-corrected chi connectivity index (χ1v) is 12.6. The molecule has 1 atom stereocenters. The SMILES string of the molecule is CC(=O)c1ccc(N2CCN(C(=O)C3CCCN(c4nc5ccc(C)cc5s4)C3)CC2)cc1. The van der Waals surface area contributed by atoms with E-state index in [1.165, 1.54) is 10.3 Å². The van der Waals surface area contributed by atoms with Gasteiger partial charge in [-0.25, -0.2) is 4.98 Å². The summed E-state index contributed by atoms with van der Waals surface area (Å²) in [5.74, 6) is 0.400. The number of benzene rings is 2. The van der Waals surface area contributed by atoms with E-state index in [0.717, 1.165) is 74.0 Å². The van der Waals surface area contributed by atoms with Crippen LogP contribution >= 0.6 is 11.3 Å². The summed E-state index contributed by atoms with van der Waals surface area (Å²) in [6.45, 7) is 8.53. The minimum Gasteiger partial charge on any atom is -0.368 e. The quantitative estimate of drug-likeness (QED) is 0.539. The molecule has 1 amide bonds. The zero-order valence-electron chi connectivity index (χ0n) is 19.3. The number of Topliss-reactive ketones (excluding diaryl/α,β-unsaturated/α-hetero) is 1. The molecule has 7 heteroatoms. The number of nitrogens with zero attached hydrogens (tertiary/aromatic N) is 4. The Morgan fingerprint density at radius 3 is 2.45 bits per heavy atom. The van der Waals surface area contributed by atoms with Crippen LogP contribution in [-0.2, 0) is 4.79 Å². The van der Waals surface area contributed by atoms with Gasteiger partial charge in [-0.1, -0.05) is 17.4 Å². The van der Waals surface area contributed by atoms with Gasteiger partial charge in [0.15, 0.2) is 10.9 Å². The van der Waals surface area contributed by atoms with Crippen molar-refractivity contribution in [2.75, 3.05) is 49.1 Å². The number of aryl methyl sites for hydroxylation is 1. The van der Waals surface area contributed by atoms with Crippen LogP contribution in [-0.4, -0.2) is 60.8 Å². The van der Waals surface area contributed by atoms with Crippen LogP contribution in [0.2, 0.25) is 0 Å². The van der Waals surface area contributed by atoms with E-state index in [9.17, 15) is 9.59 Å². The van der Waals surface area contributed by atoms with Crippen LogP contribution in [0.1, 0.15) is 35.7 Å². The lowest BCUT2D eigenvalue weighted by atomic mass is 9.96. The van der Waals surface area contributed by atoms with E-state index in [4.69, 9.17) is 4.98 Å². The second kappa shape index (κ2) is 9.14. The van der Waals surface area contributed by atoms with Gasteiger partial charge in [0.25, 0.3) is 0 Å². The van der Waals surface area contributed by atoms with E-state index in [1.807, 2.05) is 29.2 Å². The second-order valence-electron chi connectivity index (χ2n) is 9.17. The van der Waals surface area contributed by atoms with Crippen LogP contribution in [0.5, 0.6) is 0 Å². The highest BCUT2D eigenvalue weighted by Crippen LogP contribution is 2.32. The standard InChI is InChI=1S/C26H30N4O2S/c1-18-5-10-23-24(16-18)33-26(27-23)30-11-3-4-21(17-30)25(32)29-14-12-28(13-15-29)22-8-6-20(7-9-22)19(2)31/h5-10,16,21H,3-4,11-15,17H2,1-2H3. The van der Waals surface area contributed by atoms with Crippen molar-refractivity contribution in [3.63, 3.8) is 0 Å². The molecular formula is C26H30N4O2S. The molecule has 1 unspecified atom stereocenters. The van der Waals surface area contributed by atoms with Crippen molar-refractivity contribution in [3.8, 4) is 0 Å². The van der Waals surface area contributed by atoms with E-state index in [2.05, 4.69) is 34.9 Å². The Balaban J connectivity index is 1.20. The van der Waals surface area contributed by atoms with Gasteiger partial charge in [-0.3, -0.25) is 9.59 Å². The van der Waals surface area contributed by atoms with E-state index in [0.29, 0.717) is 0 Å². The molecule has 2 fully saturated rings. The fraction of sp³-hybridized carbons (Fsp3) is 0.423. The number of thiazole rings is 1. The molecule has 33 heavy (non-hydrogen) atoms. The lowest BCUT2D eigenvalue weighted by molar-refractivity contribution is -0.136. The number of hydrogen-bond acceptors (Lipinski definition) is 6. The molecule has 0 spiro atoms. The molecule has 2 aliphatic rings. The van der Waals surface area contributed by atoms with E-state index in [1.54, 1.807) is 18.3 Å². The summed E-state index contributed by atoms with van der Waals surface area (Å²) in [6, 6.07) is 14.2. The van der Waals surface area contributed by atoms with Crippen LogP contribution in [0.15, 0.2) is 42.5 Å². The smallest absolute Gasteiger partial charge is 0.227 e. The zero-order chi connectivity index (χ0) is 22.9. The van der Waals surface area contributed by atoms with E-state index >= 15 is 0 Å². The molecule has 5 rings (SSSR count). The van der Waals surface area contributed by atoms with Gasteiger partial charge < -0.3 is 14.7 Å². The van der Waals surface area contributed by atoms with Crippen molar-refractivity contribution < 1.29 is 9.59 Å². The van der Waals surface area contributed by atoms with Gasteiger partial charge >= 0.3 is 0 Å². The largest absolute Gasteiger partial charge is 0.368 e. The molecule has 3 heterocycles. The van der Waals surface area contributed by atoms with Gasteiger partial charge in [0, 0.05) is 50.5 Å². The molecule has 0 bridgehead atoms. The van der Waals surface area contributed by atoms with E-state index < -0.39 is 0 Å². The molecule has 6 nitrogen and oxygen atoms in total. The Morgan fingerprint density at radius 1 is 0.970 bits per heavy atom. The topological polar surface area (TPSA) is 56.8 Å². The Kier molecular flexibility index (Phi) is 6.06. The summed E-state index contributed by atoms with van der Waals surface area (Å²) < 4.78 is 1.21. The molecule has 2 aromatic carbocycles. The molecule has 0 saturated carbocycles. The lowest BCUT2D eigenvalue weighted by Crippen LogP contribution is -2.52. The molecule has 0 radical (unpaired) electrons. The van der Waals surface area contributed by atoms with E-state index in [-0.39, 0.29) is 17.6 Å². The summed E-state index contributed by atoms with van der Waals surface area (Å²) in [5, 5.41) is 1.03. The summed E-state index contributed by atoms with van der Waals surface area (Å²) in [7, 11) is 0. The number of anilines is 2. The van der Waals surface area contributed by atoms with Gasteiger partial charge in [-0.15, -0.1) is 0 Å². The van der Waals surface area contributed by atoms with Crippen molar-refractivity contribution >= 4 is 44.1 Å². The monoisotopic (exact) mass is 462 g/mol. The first-order valence-electron chi connectivity index (χ1n) is 11.7. The number of carbonyl (C=O) groups is 2. The predicted octanol–water partition coefficient (Wildman–Crippen LogP) is 4.37. The molecule has 3 aromatic rings. The van der Waals surface area contributed by atoms with Gasteiger partial charge in [0.1, 0.15) is 0 Å². The fourth-order valence-electron chi connectivity index (χ4n) is 4.86. The van der Waals surface area contributed by atoms with Crippen LogP contribution < -0.4 is 9.80 Å². The number of amides is 1. The van der Waals surface area contributed by atoms with Gasteiger partial charge in [0.2, 0.25) is 5.91 Å². The highest BCUT2D eigenvalue weighted by atomic mass is 32.1. The van der Waals surface area contributed by atoms with Gasteiger partial charge in [-0.2, -0.15) is 0 Å². The number of rotatable bonds is 4. The van der Waals surface area contributed by atoms with Crippen LogP contribution in [0.3, 0.4) is 0 Å². The third kappa shape index (κ3) is 4.60. The minimum atomic E-state index is 0.0360. The molecule has 172 valence electrons. The number of piperazine rings is 1. The normalized spacial score (nSPS) is 19.2. The molecular weight excluding hydrogens is 432 g/mol. The molecule has 0 aliphatic carbocycles. The second-order valence-corrected chi connectivity index (χ2v) is 10.2. The number of carbonyl (C=O) groups excluding carboxylic acids is 2. The fourth-order valence-corrected chi connectivity index (χ4v) is 5.96. The maximum Gasteiger partial charge on any atom is 0.227 e. The predicted molar refractivity (Wildman–Crippen MR) is 135 cm³/mol. The average Bonchev–Trinajstić information content (AvgIpc) is 3.27.